The van der Waals surface area contributed by atoms with Gasteiger partial charge < -0.3 is 20.6 Å². The van der Waals surface area contributed by atoms with Gasteiger partial charge in [-0.25, -0.2) is 0 Å². The first-order valence-electron chi connectivity index (χ1n) is 19.7. The highest BCUT2D eigenvalue weighted by Crippen LogP contribution is 2.37. The largest absolute Gasteiger partial charge is 0.418 e. The number of nitrogens with two attached hydrogens (primary N) is 1. The zero-order valence-electron chi connectivity index (χ0n) is 32.4. The van der Waals surface area contributed by atoms with E-state index in [1.54, 1.807) is 31.3 Å². The molecule has 3 unspecified atom stereocenters. The zero-order valence-corrected chi connectivity index (χ0v) is 33.2. The Labute approximate surface area is 319 Å². The SMILES string of the molecule is C=CCCC(CCC)N1CCC(CC(=O)[C@@H](Cc2cc(C)c(N)c(C(F)(F)F)c2)CC(O)CC2=CCC(N(Cc3cscc3CC)C(C)=O)CC2)CC1. The van der Waals surface area contributed by atoms with Gasteiger partial charge in [0, 0.05) is 43.6 Å². The molecular formula is C43H62F3N3O3S. The molecule has 0 saturated carbocycles. The molecule has 4 rings (SSSR count). The van der Waals surface area contributed by atoms with Gasteiger partial charge in [0.25, 0.3) is 0 Å². The molecule has 3 N–H and O–H groups in total. The monoisotopic (exact) mass is 757 g/mol. The topological polar surface area (TPSA) is 86.9 Å². The van der Waals surface area contributed by atoms with Crippen LogP contribution in [0.25, 0.3) is 0 Å². The fourth-order valence-electron chi connectivity index (χ4n) is 8.50. The first kappa shape index (κ1) is 42.8. The molecule has 2 heterocycles. The number of hydrogen-bond acceptors (Lipinski definition) is 6. The maximum Gasteiger partial charge on any atom is 0.418 e. The number of ketones is 1. The number of alkyl halides is 3. The number of carbonyl (C=O) groups is 2. The van der Waals surface area contributed by atoms with Gasteiger partial charge in [-0.15, -0.1) is 6.58 Å². The van der Waals surface area contributed by atoms with E-state index in [9.17, 15) is 27.9 Å². The molecule has 0 spiro atoms. The van der Waals surface area contributed by atoms with Crippen LogP contribution in [0.4, 0.5) is 18.9 Å². The number of likely N-dealkylation sites (tertiary alicyclic amines) is 1. The number of aliphatic hydroxyl groups excluding tert-OH is 1. The minimum Gasteiger partial charge on any atom is -0.398 e. The van der Waals surface area contributed by atoms with E-state index in [2.05, 4.69) is 42.2 Å². The number of aryl methyl sites for hydroxylation is 2. The number of anilines is 1. The second kappa shape index (κ2) is 20.1. The van der Waals surface area contributed by atoms with Crippen molar-refractivity contribution in [2.24, 2.45) is 11.8 Å². The van der Waals surface area contributed by atoms with Gasteiger partial charge in [0.15, 0.2) is 0 Å². The summed E-state index contributed by atoms with van der Waals surface area (Å²) in [5, 5.41) is 15.7. The maximum atomic E-state index is 14.1. The van der Waals surface area contributed by atoms with E-state index in [0.29, 0.717) is 43.0 Å². The molecule has 0 bridgehead atoms. The van der Waals surface area contributed by atoms with Crippen molar-refractivity contribution in [1.82, 2.24) is 9.80 Å². The van der Waals surface area contributed by atoms with Gasteiger partial charge >= 0.3 is 6.18 Å². The number of halogens is 3. The number of allylic oxidation sites excluding steroid dienone is 1. The van der Waals surface area contributed by atoms with Crippen LogP contribution in [0.2, 0.25) is 0 Å². The van der Waals surface area contributed by atoms with Crippen molar-refractivity contribution in [1.29, 1.82) is 0 Å². The lowest BCUT2D eigenvalue weighted by atomic mass is 9.81. The highest BCUT2D eigenvalue weighted by Gasteiger charge is 2.35. The molecule has 10 heteroatoms. The van der Waals surface area contributed by atoms with E-state index in [4.69, 9.17) is 5.73 Å². The molecule has 53 heavy (non-hydrogen) atoms. The highest BCUT2D eigenvalue weighted by molar-refractivity contribution is 7.08. The van der Waals surface area contributed by atoms with E-state index in [-0.39, 0.29) is 42.2 Å². The summed E-state index contributed by atoms with van der Waals surface area (Å²) in [6, 6.07) is 3.32. The minimum atomic E-state index is -4.61. The summed E-state index contributed by atoms with van der Waals surface area (Å²) in [6.45, 7) is 13.9. The van der Waals surface area contributed by atoms with Crippen molar-refractivity contribution in [2.75, 3.05) is 18.8 Å². The molecule has 1 aromatic carbocycles. The van der Waals surface area contributed by atoms with Gasteiger partial charge in [0.2, 0.25) is 5.91 Å². The maximum absolute atomic E-state index is 14.1. The lowest BCUT2D eigenvalue weighted by Crippen LogP contribution is -2.42. The van der Waals surface area contributed by atoms with E-state index in [1.807, 2.05) is 11.0 Å². The van der Waals surface area contributed by atoms with Gasteiger partial charge in [-0.1, -0.05) is 44.1 Å². The Balaban J connectivity index is 1.44. The molecule has 1 fully saturated rings. The molecule has 2 aromatic rings. The molecule has 294 valence electrons. The second-order valence-electron chi connectivity index (χ2n) is 15.5. The third-order valence-corrected chi connectivity index (χ3v) is 12.4. The lowest BCUT2D eigenvalue weighted by molar-refractivity contribution is -0.137. The van der Waals surface area contributed by atoms with Gasteiger partial charge in [-0.2, -0.15) is 24.5 Å². The molecule has 1 aliphatic carbocycles. The molecule has 6 nitrogen and oxygen atoms in total. The summed E-state index contributed by atoms with van der Waals surface area (Å²) in [4.78, 5) is 31.3. The molecule has 1 amide bonds. The van der Waals surface area contributed by atoms with E-state index in [0.717, 1.165) is 82.5 Å². The quantitative estimate of drug-likeness (QED) is 0.110. The van der Waals surface area contributed by atoms with Gasteiger partial charge in [0.1, 0.15) is 5.78 Å². The van der Waals surface area contributed by atoms with Gasteiger partial charge in [0.05, 0.1) is 11.7 Å². The number of amides is 1. The predicted molar refractivity (Wildman–Crippen MR) is 211 cm³/mol. The highest BCUT2D eigenvalue weighted by atomic mass is 32.1. The second-order valence-corrected chi connectivity index (χ2v) is 16.3. The van der Waals surface area contributed by atoms with Crippen molar-refractivity contribution in [3.8, 4) is 0 Å². The Kier molecular flexibility index (Phi) is 16.2. The third kappa shape index (κ3) is 12.3. The number of benzene rings is 1. The Morgan fingerprint density at radius 1 is 1.11 bits per heavy atom. The van der Waals surface area contributed by atoms with Crippen molar-refractivity contribution < 1.29 is 27.9 Å². The summed E-state index contributed by atoms with van der Waals surface area (Å²) < 4.78 is 41.7. The van der Waals surface area contributed by atoms with Crippen LogP contribution < -0.4 is 5.73 Å². The van der Waals surface area contributed by atoms with Crippen LogP contribution in [0.15, 0.2) is 47.2 Å². The summed E-state index contributed by atoms with van der Waals surface area (Å²) in [6.07, 6.45) is 9.06. The van der Waals surface area contributed by atoms with Gasteiger partial charge in [-0.3, -0.25) is 9.59 Å². The third-order valence-electron chi connectivity index (χ3n) is 11.6. The van der Waals surface area contributed by atoms with Gasteiger partial charge in [-0.05, 0) is 142 Å². The number of carbonyl (C=O) groups excluding carboxylic acids is 2. The Bertz CT molecular complexity index is 1540. The number of piperidine rings is 1. The predicted octanol–water partition coefficient (Wildman–Crippen LogP) is 9.85. The number of rotatable bonds is 19. The Hall–Kier alpha value is -2.95. The molecule has 2 aliphatic rings. The fraction of sp³-hybridized carbons (Fsp3) is 0.628. The molecular weight excluding hydrogens is 696 g/mol. The van der Waals surface area contributed by atoms with Crippen molar-refractivity contribution >= 4 is 28.7 Å². The van der Waals surface area contributed by atoms with Crippen LogP contribution in [0.3, 0.4) is 0 Å². The molecule has 1 aromatic heterocycles. The van der Waals surface area contributed by atoms with E-state index < -0.39 is 23.8 Å². The number of Topliss-reactive ketones (excluding diaryl/α,β-unsaturated/α-hetero) is 1. The normalized spacial score (nSPS) is 19.0. The summed E-state index contributed by atoms with van der Waals surface area (Å²) in [5.41, 5.74) is 8.98. The van der Waals surface area contributed by atoms with Crippen molar-refractivity contribution in [3.63, 3.8) is 0 Å². The van der Waals surface area contributed by atoms with Crippen LogP contribution in [-0.2, 0) is 35.2 Å². The minimum absolute atomic E-state index is 0.0111. The molecule has 4 atom stereocenters. The van der Waals surface area contributed by atoms with Crippen LogP contribution in [-0.4, -0.2) is 57.9 Å². The van der Waals surface area contributed by atoms with Crippen LogP contribution in [0.1, 0.15) is 126 Å². The first-order valence-corrected chi connectivity index (χ1v) is 20.7. The summed E-state index contributed by atoms with van der Waals surface area (Å²) in [7, 11) is 0. The van der Waals surface area contributed by atoms with Crippen LogP contribution in [0, 0.1) is 18.8 Å². The number of thiophene rings is 1. The van der Waals surface area contributed by atoms with Crippen molar-refractivity contribution in [2.45, 2.75) is 148 Å². The first-order chi connectivity index (χ1) is 25.2. The number of nitrogens with zero attached hydrogens (tertiary/aromatic N) is 2. The number of hydrogen-bond donors (Lipinski definition) is 2. The zero-order chi connectivity index (χ0) is 38.7. The molecule has 1 aliphatic heterocycles. The van der Waals surface area contributed by atoms with E-state index >= 15 is 0 Å². The fourth-order valence-corrected chi connectivity index (χ4v) is 9.44. The summed E-state index contributed by atoms with van der Waals surface area (Å²) >= 11 is 1.66. The average Bonchev–Trinajstić information content (AvgIpc) is 3.57. The average molecular weight is 758 g/mol. The summed E-state index contributed by atoms with van der Waals surface area (Å²) in [5.74, 6) is -0.344. The van der Waals surface area contributed by atoms with Crippen LogP contribution >= 0.6 is 11.3 Å². The number of nitrogen functional groups attached to an aromatic ring is 1. The Morgan fingerprint density at radius 3 is 2.43 bits per heavy atom. The lowest BCUT2D eigenvalue weighted by Gasteiger charge is -2.38. The van der Waals surface area contributed by atoms with E-state index in [1.165, 1.54) is 11.1 Å². The number of aliphatic hydroxyl groups is 1. The molecule has 0 radical (unpaired) electrons. The smallest absolute Gasteiger partial charge is 0.398 e. The van der Waals surface area contributed by atoms with Crippen molar-refractivity contribution in [3.05, 3.63) is 75.0 Å². The Morgan fingerprint density at radius 2 is 1.83 bits per heavy atom. The van der Waals surface area contributed by atoms with Crippen LogP contribution in [0.5, 0.6) is 0 Å². The molecule has 1 saturated heterocycles. The standard InChI is InChI=1S/C43H62F3N3O3S/c1-6-9-11-37(10-7-2)48-18-16-32(17-19-48)24-41(52)35(21-33-20-29(4)42(47)40(23-33)43(44,45)46)25-39(51)22-31-12-14-38(15-13-31)49(30(5)50)26-36-28-53-27-34(36)8-3/h6,12,20,23,27-28,32,35,37-39,51H,1,7-11,13-19,21-22,24-26,47H2,2-5H3/t35-,37?,38?,39?/m0/s1.